The largest absolute Gasteiger partial charge is 0.492 e. The van der Waals surface area contributed by atoms with Crippen LogP contribution in [0.2, 0.25) is 0 Å². The first kappa shape index (κ1) is 16.2. The smallest absolute Gasteiger partial charge is 0.248 e. The molecule has 2 aromatic rings. The summed E-state index contributed by atoms with van der Waals surface area (Å²) >= 11 is 1.39. The molecule has 2 N–H and O–H groups in total. The second-order valence-corrected chi connectivity index (χ2v) is 5.70. The van der Waals surface area contributed by atoms with Crippen molar-refractivity contribution in [2.24, 2.45) is 0 Å². The lowest BCUT2D eigenvalue weighted by Gasteiger charge is -2.17. The number of benzene rings is 1. The van der Waals surface area contributed by atoms with Crippen molar-refractivity contribution < 1.29 is 9.53 Å². The number of carbonyl (C=O) groups is 1. The number of hydrogen-bond donors (Lipinski definition) is 2. The molecule has 1 amide bonds. The summed E-state index contributed by atoms with van der Waals surface area (Å²) in [6.45, 7) is 6.29. The fourth-order valence-corrected chi connectivity index (χ4v) is 2.51. The van der Waals surface area contributed by atoms with Gasteiger partial charge in [-0.3, -0.25) is 10.1 Å². The Morgan fingerprint density at radius 2 is 2.09 bits per heavy atom. The van der Waals surface area contributed by atoms with Gasteiger partial charge in [0.05, 0.1) is 12.3 Å². The van der Waals surface area contributed by atoms with E-state index in [1.165, 1.54) is 11.3 Å². The van der Waals surface area contributed by atoms with Gasteiger partial charge in [0.2, 0.25) is 11.0 Å². The molecule has 1 aromatic carbocycles. The van der Waals surface area contributed by atoms with E-state index in [9.17, 15) is 4.79 Å². The number of carbonyl (C=O) groups excluding carboxylic acids is 1. The van der Waals surface area contributed by atoms with Gasteiger partial charge in [0.25, 0.3) is 0 Å². The zero-order chi connectivity index (χ0) is 15.9. The van der Waals surface area contributed by atoms with Crippen LogP contribution in [0.15, 0.2) is 24.3 Å². The summed E-state index contributed by atoms with van der Waals surface area (Å²) < 4.78 is 5.54. The fourth-order valence-electron chi connectivity index (χ4n) is 1.83. The van der Waals surface area contributed by atoms with Gasteiger partial charge < -0.3 is 10.1 Å². The molecule has 22 heavy (non-hydrogen) atoms. The molecular weight excluding hydrogens is 300 g/mol. The molecule has 0 aliphatic rings. The molecule has 6 nitrogen and oxygen atoms in total. The maximum Gasteiger partial charge on any atom is 0.248 e. The number of nitrogens with zero attached hydrogens (tertiary/aromatic N) is 2. The van der Waals surface area contributed by atoms with E-state index >= 15 is 0 Å². The Kier molecular flexibility index (Phi) is 5.71. The van der Waals surface area contributed by atoms with Crippen LogP contribution in [0.25, 0.3) is 0 Å². The lowest BCUT2D eigenvalue weighted by atomic mass is 10.2. The Labute approximate surface area is 133 Å². The lowest BCUT2D eigenvalue weighted by molar-refractivity contribution is -0.116. The third-order valence-corrected chi connectivity index (χ3v) is 3.93. The number of aryl methyl sites for hydroxylation is 1. The molecule has 0 aliphatic heterocycles. The van der Waals surface area contributed by atoms with E-state index in [0.29, 0.717) is 11.7 Å². The molecule has 0 aliphatic carbocycles. The van der Waals surface area contributed by atoms with E-state index in [-0.39, 0.29) is 5.91 Å². The van der Waals surface area contributed by atoms with Crippen LogP contribution in [-0.2, 0) is 11.2 Å². The molecule has 1 atom stereocenters. The molecule has 2 rings (SSSR count). The summed E-state index contributed by atoms with van der Waals surface area (Å²) in [5, 5.41) is 15.3. The molecule has 0 spiro atoms. The number of amides is 1. The molecular formula is C15H20N4O2S. The van der Waals surface area contributed by atoms with Gasteiger partial charge in [-0.05, 0) is 32.4 Å². The number of aromatic nitrogens is 2. The Morgan fingerprint density at radius 1 is 1.32 bits per heavy atom. The second kappa shape index (κ2) is 7.74. The number of ether oxygens (including phenoxy) is 1. The lowest BCUT2D eigenvalue weighted by Crippen LogP contribution is -2.32. The highest BCUT2D eigenvalue weighted by Gasteiger charge is 2.16. The van der Waals surface area contributed by atoms with Crippen LogP contribution in [0.3, 0.4) is 0 Å². The standard InChI is InChI=1S/C15H20N4O2S/c1-4-13-18-19-15(22-13)17-14(20)10(3)16-11-8-6-7-9-12(11)21-5-2/h6-10,16H,4-5H2,1-3H3,(H,17,19,20)/t10-/m0/s1. The minimum Gasteiger partial charge on any atom is -0.492 e. The zero-order valence-corrected chi connectivity index (χ0v) is 13.7. The van der Waals surface area contributed by atoms with Crippen LogP contribution in [0, 0.1) is 0 Å². The molecule has 0 radical (unpaired) electrons. The molecule has 7 heteroatoms. The maximum absolute atomic E-state index is 12.2. The predicted molar refractivity (Wildman–Crippen MR) is 88.6 cm³/mol. The fraction of sp³-hybridized carbons (Fsp3) is 0.400. The zero-order valence-electron chi connectivity index (χ0n) is 12.9. The second-order valence-electron chi connectivity index (χ2n) is 4.64. The van der Waals surface area contributed by atoms with Crippen molar-refractivity contribution in [3.8, 4) is 5.75 Å². The predicted octanol–water partition coefficient (Wildman–Crippen LogP) is 2.94. The Hall–Kier alpha value is -2.15. The minimum atomic E-state index is -0.421. The summed E-state index contributed by atoms with van der Waals surface area (Å²) in [5.41, 5.74) is 0.790. The number of anilines is 2. The van der Waals surface area contributed by atoms with E-state index in [1.807, 2.05) is 38.1 Å². The summed E-state index contributed by atoms with van der Waals surface area (Å²) in [4.78, 5) is 12.2. The molecule has 1 aromatic heterocycles. The summed E-state index contributed by atoms with van der Waals surface area (Å²) in [7, 11) is 0. The van der Waals surface area contributed by atoms with Crippen molar-refractivity contribution in [1.82, 2.24) is 10.2 Å². The van der Waals surface area contributed by atoms with E-state index in [1.54, 1.807) is 6.92 Å². The first-order valence-electron chi connectivity index (χ1n) is 7.25. The van der Waals surface area contributed by atoms with Crippen molar-refractivity contribution in [2.45, 2.75) is 33.2 Å². The van der Waals surface area contributed by atoms with Crippen LogP contribution in [-0.4, -0.2) is 28.8 Å². The number of rotatable bonds is 7. The number of nitrogens with one attached hydrogen (secondary N) is 2. The van der Waals surface area contributed by atoms with E-state index in [4.69, 9.17) is 4.74 Å². The van der Waals surface area contributed by atoms with Crippen molar-refractivity contribution in [2.75, 3.05) is 17.2 Å². The Balaban J connectivity index is 1.99. The number of hydrogen-bond acceptors (Lipinski definition) is 6. The van der Waals surface area contributed by atoms with Crippen molar-refractivity contribution in [1.29, 1.82) is 0 Å². The van der Waals surface area contributed by atoms with Crippen molar-refractivity contribution in [3.05, 3.63) is 29.3 Å². The maximum atomic E-state index is 12.2. The number of para-hydroxylation sites is 2. The highest BCUT2D eigenvalue weighted by Crippen LogP contribution is 2.24. The van der Waals surface area contributed by atoms with Crippen LogP contribution in [0.5, 0.6) is 5.75 Å². The van der Waals surface area contributed by atoms with Crippen LogP contribution in [0.4, 0.5) is 10.8 Å². The Morgan fingerprint density at radius 3 is 2.77 bits per heavy atom. The summed E-state index contributed by atoms with van der Waals surface area (Å²) in [6.07, 6.45) is 0.809. The molecule has 0 fully saturated rings. The van der Waals surface area contributed by atoms with Gasteiger partial charge in [0.1, 0.15) is 16.8 Å². The SMILES string of the molecule is CCOc1ccccc1N[C@@H](C)C(=O)Nc1nnc(CC)s1. The van der Waals surface area contributed by atoms with Gasteiger partial charge in [-0.1, -0.05) is 30.4 Å². The first-order chi connectivity index (χ1) is 10.6. The third-order valence-electron chi connectivity index (χ3n) is 2.95. The van der Waals surface area contributed by atoms with Crippen molar-refractivity contribution >= 4 is 28.1 Å². The van der Waals surface area contributed by atoms with Gasteiger partial charge in [-0.25, -0.2) is 0 Å². The van der Waals surface area contributed by atoms with Gasteiger partial charge in [0.15, 0.2) is 0 Å². The highest BCUT2D eigenvalue weighted by atomic mass is 32.1. The van der Waals surface area contributed by atoms with Crippen LogP contribution >= 0.6 is 11.3 Å². The molecule has 0 saturated carbocycles. The third kappa shape index (κ3) is 4.17. The van der Waals surface area contributed by atoms with E-state index < -0.39 is 6.04 Å². The monoisotopic (exact) mass is 320 g/mol. The molecule has 0 bridgehead atoms. The van der Waals surface area contributed by atoms with Crippen molar-refractivity contribution in [3.63, 3.8) is 0 Å². The van der Waals surface area contributed by atoms with Gasteiger partial charge >= 0.3 is 0 Å². The molecule has 118 valence electrons. The van der Waals surface area contributed by atoms with Crippen LogP contribution in [0.1, 0.15) is 25.8 Å². The van der Waals surface area contributed by atoms with Gasteiger partial charge in [-0.2, -0.15) is 0 Å². The molecule has 1 heterocycles. The average molecular weight is 320 g/mol. The average Bonchev–Trinajstić information content (AvgIpc) is 2.97. The summed E-state index contributed by atoms with van der Waals surface area (Å²) in [6, 6.07) is 7.13. The van der Waals surface area contributed by atoms with Gasteiger partial charge in [-0.15, -0.1) is 10.2 Å². The topological polar surface area (TPSA) is 76.1 Å². The van der Waals surface area contributed by atoms with E-state index in [2.05, 4.69) is 20.8 Å². The normalized spacial score (nSPS) is 11.8. The quantitative estimate of drug-likeness (QED) is 0.820. The van der Waals surface area contributed by atoms with Gasteiger partial charge in [0, 0.05) is 0 Å². The molecule has 0 saturated heterocycles. The Bertz CT molecular complexity index is 630. The molecule has 0 unspecified atom stereocenters. The highest BCUT2D eigenvalue weighted by molar-refractivity contribution is 7.15. The first-order valence-corrected chi connectivity index (χ1v) is 8.07. The van der Waals surface area contributed by atoms with E-state index in [0.717, 1.165) is 22.9 Å². The minimum absolute atomic E-state index is 0.162. The summed E-state index contributed by atoms with van der Waals surface area (Å²) in [5.74, 6) is 0.568. The van der Waals surface area contributed by atoms with Crippen LogP contribution < -0.4 is 15.4 Å².